The van der Waals surface area contributed by atoms with E-state index in [2.05, 4.69) is 38.1 Å². The quantitative estimate of drug-likeness (QED) is 0.497. The SMILES string of the molecule is CC#CCSc1nonc1C(=N)Cc1ccc(F)c(Br)c1. The highest BCUT2D eigenvalue weighted by atomic mass is 79.9. The fourth-order valence-corrected chi connectivity index (χ4v) is 2.74. The van der Waals surface area contributed by atoms with Gasteiger partial charge in [-0.25, -0.2) is 9.02 Å². The van der Waals surface area contributed by atoms with Crippen molar-refractivity contribution in [2.24, 2.45) is 0 Å². The Morgan fingerprint density at radius 3 is 3.00 bits per heavy atom. The highest BCUT2D eigenvalue weighted by molar-refractivity contribution is 9.10. The van der Waals surface area contributed by atoms with E-state index in [-0.39, 0.29) is 11.5 Å². The molecule has 1 aromatic heterocycles. The third kappa shape index (κ3) is 4.16. The summed E-state index contributed by atoms with van der Waals surface area (Å²) in [5.74, 6) is 5.92. The Hall–Kier alpha value is -1.65. The molecule has 2 rings (SSSR count). The summed E-state index contributed by atoms with van der Waals surface area (Å²) in [4.78, 5) is 0. The summed E-state index contributed by atoms with van der Waals surface area (Å²) in [6.45, 7) is 1.76. The molecular formula is C14H11BrFN3OS. The Kier molecular flexibility index (Phi) is 5.53. The van der Waals surface area contributed by atoms with Crippen molar-refractivity contribution >= 4 is 33.4 Å². The van der Waals surface area contributed by atoms with E-state index in [0.29, 0.717) is 27.4 Å². The van der Waals surface area contributed by atoms with Crippen LogP contribution in [0.4, 0.5) is 4.39 Å². The summed E-state index contributed by atoms with van der Waals surface area (Å²) < 4.78 is 18.3. The molecule has 0 unspecified atom stereocenters. The van der Waals surface area contributed by atoms with E-state index < -0.39 is 0 Å². The standard InChI is InChI=1S/C14H11BrFN3OS/c1-2-3-6-21-14-13(18-20-19-14)12(17)8-9-4-5-11(16)10(15)7-9/h4-5,7,17H,6,8H2,1H3. The van der Waals surface area contributed by atoms with Crippen molar-refractivity contribution < 1.29 is 9.02 Å². The van der Waals surface area contributed by atoms with Crippen molar-refractivity contribution in [3.63, 3.8) is 0 Å². The molecule has 0 spiro atoms. The lowest BCUT2D eigenvalue weighted by Crippen LogP contribution is -2.06. The normalized spacial score (nSPS) is 10.0. The van der Waals surface area contributed by atoms with Crippen LogP contribution in [0.1, 0.15) is 18.2 Å². The first-order valence-electron chi connectivity index (χ1n) is 5.98. The lowest BCUT2D eigenvalue weighted by molar-refractivity contribution is 0.298. The molecule has 0 bridgehead atoms. The summed E-state index contributed by atoms with van der Waals surface area (Å²) in [7, 11) is 0. The van der Waals surface area contributed by atoms with Gasteiger partial charge >= 0.3 is 0 Å². The predicted octanol–water partition coefficient (Wildman–Crippen LogP) is 3.70. The predicted molar refractivity (Wildman–Crippen MR) is 83.1 cm³/mol. The lowest BCUT2D eigenvalue weighted by atomic mass is 10.1. The molecule has 1 N–H and O–H groups in total. The molecule has 0 aliphatic carbocycles. The molecular weight excluding hydrogens is 357 g/mol. The van der Waals surface area contributed by atoms with E-state index in [0.717, 1.165) is 5.56 Å². The molecule has 0 fully saturated rings. The maximum Gasteiger partial charge on any atom is 0.171 e. The van der Waals surface area contributed by atoms with E-state index in [1.54, 1.807) is 19.1 Å². The molecule has 0 aliphatic heterocycles. The second-order valence-corrected chi connectivity index (χ2v) is 5.86. The van der Waals surface area contributed by atoms with Crippen molar-refractivity contribution in [3.8, 4) is 11.8 Å². The van der Waals surface area contributed by atoms with Gasteiger partial charge in [0, 0.05) is 6.42 Å². The Labute approximate surface area is 134 Å². The first-order chi connectivity index (χ1) is 10.1. The van der Waals surface area contributed by atoms with E-state index in [4.69, 9.17) is 10.0 Å². The van der Waals surface area contributed by atoms with Crippen molar-refractivity contribution in [1.29, 1.82) is 5.41 Å². The fraction of sp³-hybridized carbons (Fsp3) is 0.214. The highest BCUT2D eigenvalue weighted by Gasteiger charge is 2.16. The molecule has 21 heavy (non-hydrogen) atoms. The molecule has 4 nitrogen and oxygen atoms in total. The first kappa shape index (κ1) is 15.7. The van der Waals surface area contributed by atoms with Crippen LogP contribution in [0.25, 0.3) is 0 Å². The van der Waals surface area contributed by atoms with Crippen LogP contribution in [0.15, 0.2) is 32.3 Å². The van der Waals surface area contributed by atoms with E-state index in [1.165, 1.54) is 17.8 Å². The Bertz CT molecular complexity index is 720. The van der Waals surface area contributed by atoms with Gasteiger partial charge in [-0.15, -0.1) is 5.92 Å². The summed E-state index contributed by atoms with van der Waals surface area (Å²) >= 11 is 4.50. The molecule has 0 radical (unpaired) electrons. The largest absolute Gasteiger partial charge is 0.302 e. The molecule has 108 valence electrons. The number of aromatic nitrogens is 2. The minimum Gasteiger partial charge on any atom is -0.302 e. The third-order valence-corrected chi connectivity index (χ3v) is 4.00. The molecule has 0 aliphatic rings. The maximum atomic E-state index is 13.2. The highest BCUT2D eigenvalue weighted by Crippen LogP contribution is 2.22. The van der Waals surface area contributed by atoms with Crippen LogP contribution >= 0.6 is 27.7 Å². The zero-order valence-corrected chi connectivity index (χ0v) is 13.5. The topological polar surface area (TPSA) is 62.8 Å². The first-order valence-corrected chi connectivity index (χ1v) is 7.76. The van der Waals surface area contributed by atoms with Gasteiger partial charge < -0.3 is 5.41 Å². The molecule has 2 aromatic rings. The van der Waals surface area contributed by atoms with Gasteiger partial charge in [-0.2, -0.15) is 0 Å². The van der Waals surface area contributed by atoms with Crippen molar-refractivity contribution in [2.75, 3.05) is 5.75 Å². The van der Waals surface area contributed by atoms with Crippen LogP contribution in [-0.2, 0) is 6.42 Å². The van der Waals surface area contributed by atoms with Crippen LogP contribution < -0.4 is 0 Å². The van der Waals surface area contributed by atoms with Gasteiger partial charge in [-0.05, 0) is 50.9 Å². The van der Waals surface area contributed by atoms with Crippen molar-refractivity contribution in [2.45, 2.75) is 18.4 Å². The monoisotopic (exact) mass is 367 g/mol. The average molecular weight is 368 g/mol. The zero-order valence-electron chi connectivity index (χ0n) is 11.1. The van der Waals surface area contributed by atoms with E-state index in [9.17, 15) is 4.39 Å². The summed E-state index contributed by atoms with van der Waals surface area (Å²) in [5, 5.41) is 16.2. The molecule has 0 saturated carbocycles. The fourth-order valence-electron chi connectivity index (χ4n) is 1.57. The van der Waals surface area contributed by atoms with Gasteiger partial charge in [0.05, 0.1) is 15.9 Å². The smallest absolute Gasteiger partial charge is 0.171 e. The second kappa shape index (κ2) is 7.38. The van der Waals surface area contributed by atoms with Crippen LogP contribution in [0.3, 0.4) is 0 Å². The summed E-state index contributed by atoms with van der Waals surface area (Å²) in [5.41, 5.74) is 1.47. The number of hydrogen-bond acceptors (Lipinski definition) is 5. The van der Waals surface area contributed by atoms with E-state index >= 15 is 0 Å². The number of nitrogens with one attached hydrogen (secondary N) is 1. The zero-order chi connectivity index (χ0) is 15.2. The number of thioether (sulfide) groups is 1. The minimum absolute atomic E-state index is 0.265. The van der Waals surface area contributed by atoms with Gasteiger partial charge in [-0.3, -0.25) is 0 Å². The molecule has 1 heterocycles. The van der Waals surface area contributed by atoms with Gasteiger partial charge in [0.15, 0.2) is 10.7 Å². The Morgan fingerprint density at radius 2 is 2.29 bits per heavy atom. The number of halogens is 2. The van der Waals surface area contributed by atoms with Crippen LogP contribution in [0.5, 0.6) is 0 Å². The molecule has 0 atom stereocenters. The maximum absolute atomic E-state index is 13.2. The second-order valence-electron chi connectivity index (χ2n) is 4.04. The average Bonchev–Trinajstić information content (AvgIpc) is 2.92. The van der Waals surface area contributed by atoms with Gasteiger partial charge in [-0.1, -0.05) is 23.7 Å². The van der Waals surface area contributed by atoms with E-state index in [1.807, 2.05) is 0 Å². The molecule has 0 amide bonds. The third-order valence-electron chi connectivity index (χ3n) is 2.57. The Morgan fingerprint density at radius 1 is 1.48 bits per heavy atom. The molecule has 0 saturated heterocycles. The van der Waals surface area contributed by atoms with Crippen molar-refractivity contribution in [1.82, 2.24) is 10.3 Å². The van der Waals surface area contributed by atoms with Crippen LogP contribution in [0, 0.1) is 23.1 Å². The molecule has 7 heteroatoms. The number of nitrogens with zero attached hydrogens (tertiary/aromatic N) is 2. The number of hydrogen-bond donors (Lipinski definition) is 1. The van der Waals surface area contributed by atoms with Crippen LogP contribution in [0.2, 0.25) is 0 Å². The number of benzene rings is 1. The van der Waals surface area contributed by atoms with Crippen LogP contribution in [-0.4, -0.2) is 21.8 Å². The van der Waals surface area contributed by atoms with Gasteiger partial charge in [0.2, 0.25) is 0 Å². The Balaban J connectivity index is 2.10. The minimum atomic E-state index is -0.331. The number of rotatable bonds is 5. The summed E-state index contributed by atoms with van der Waals surface area (Å²) in [6.07, 6.45) is 0.320. The lowest BCUT2D eigenvalue weighted by Gasteiger charge is -2.03. The van der Waals surface area contributed by atoms with Gasteiger partial charge in [0.25, 0.3) is 0 Å². The molecule has 1 aromatic carbocycles. The van der Waals surface area contributed by atoms with Crippen molar-refractivity contribution in [3.05, 3.63) is 39.7 Å². The summed E-state index contributed by atoms with van der Waals surface area (Å²) in [6, 6.07) is 4.64. The van der Waals surface area contributed by atoms with Gasteiger partial charge in [0.1, 0.15) is 5.82 Å².